The lowest BCUT2D eigenvalue weighted by atomic mass is 10.0. The zero-order valence-corrected chi connectivity index (χ0v) is 17.4. The molecule has 0 radical (unpaired) electrons. The molecule has 0 saturated carbocycles. The highest BCUT2D eigenvalue weighted by Crippen LogP contribution is 2.31. The van der Waals surface area contributed by atoms with Gasteiger partial charge in [0.05, 0.1) is 18.6 Å². The molecule has 2 aromatic rings. The van der Waals surface area contributed by atoms with Crippen LogP contribution in [0.4, 0.5) is 11.4 Å². The summed E-state index contributed by atoms with van der Waals surface area (Å²) in [5, 5.41) is 11.0. The van der Waals surface area contributed by atoms with Crippen molar-refractivity contribution in [2.24, 2.45) is 0 Å². The number of fused-ring (bicyclic) bond motifs is 1. The smallest absolute Gasteiger partial charge is 0.269 e. The Labute approximate surface area is 171 Å². The van der Waals surface area contributed by atoms with Gasteiger partial charge in [0.1, 0.15) is 5.75 Å². The van der Waals surface area contributed by atoms with Gasteiger partial charge in [-0.1, -0.05) is 12.1 Å². The number of carbonyl (C=O) groups is 1. The molecule has 1 aliphatic rings. The molecule has 154 valence electrons. The van der Waals surface area contributed by atoms with Crippen LogP contribution in [-0.2, 0) is 17.8 Å². The molecule has 7 nitrogen and oxygen atoms in total. The molecule has 0 atom stereocenters. The molecule has 0 unspecified atom stereocenters. The van der Waals surface area contributed by atoms with Gasteiger partial charge in [-0.3, -0.25) is 19.8 Å². The largest absolute Gasteiger partial charge is 0.496 e. The number of amides is 1. The van der Waals surface area contributed by atoms with Crippen LogP contribution in [0.2, 0.25) is 0 Å². The summed E-state index contributed by atoms with van der Waals surface area (Å²) in [5.41, 5.74) is 5.01. The number of rotatable bonds is 6. The van der Waals surface area contributed by atoms with E-state index >= 15 is 0 Å². The molecule has 1 heterocycles. The van der Waals surface area contributed by atoms with Crippen LogP contribution in [0.1, 0.15) is 28.7 Å². The lowest BCUT2D eigenvalue weighted by Crippen LogP contribution is -2.41. The Morgan fingerprint density at radius 1 is 1.24 bits per heavy atom. The van der Waals surface area contributed by atoms with Crippen molar-refractivity contribution in [1.29, 1.82) is 0 Å². The number of aryl methyl sites for hydroxylation is 3. The minimum atomic E-state index is -0.395. The summed E-state index contributed by atoms with van der Waals surface area (Å²) in [5.74, 6) is 0.899. The first-order valence-electron chi connectivity index (χ1n) is 9.70. The number of nitrogens with zero attached hydrogens (tertiary/aromatic N) is 3. The van der Waals surface area contributed by atoms with Crippen molar-refractivity contribution in [2.45, 2.75) is 33.2 Å². The molecule has 7 heteroatoms. The third kappa shape index (κ3) is 4.56. The van der Waals surface area contributed by atoms with E-state index in [0.717, 1.165) is 46.5 Å². The van der Waals surface area contributed by atoms with Gasteiger partial charge >= 0.3 is 0 Å². The van der Waals surface area contributed by atoms with Gasteiger partial charge < -0.3 is 9.64 Å². The Balaban J connectivity index is 1.70. The number of ether oxygens (including phenoxy) is 1. The number of hydrogen-bond acceptors (Lipinski definition) is 5. The molecule has 2 aromatic carbocycles. The Kier molecular flexibility index (Phi) is 6.17. The molecule has 0 fully saturated rings. The highest BCUT2D eigenvalue weighted by Gasteiger charge is 2.25. The molecule has 1 aliphatic heterocycles. The maximum absolute atomic E-state index is 12.9. The predicted molar refractivity (Wildman–Crippen MR) is 113 cm³/mol. The minimum Gasteiger partial charge on any atom is -0.496 e. The molecule has 29 heavy (non-hydrogen) atoms. The van der Waals surface area contributed by atoms with Crippen molar-refractivity contribution in [3.05, 3.63) is 62.7 Å². The van der Waals surface area contributed by atoms with Crippen molar-refractivity contribution in [3.8, 4) is 5.75 Å². The summed E-state index contributed by atoms with van der Waals surface area (Å²) in [6, 6.07) is 8.92. The van der Waals surface area contributed by atoms with Gasteiger partial charge in [-0.25, -0.2) is 0 Å². The number of non-ortho nitro benzene ring substituents is 1. The molecule has 0 N–H and O–H groups in total. The molecule has 3 rings (SSSR count). The number of nitro benzene ring substituents is 1. The molecular formula is C22H27N3O4. The van der Waals surface area contributed by atoms with Gasteiger partial charge in [-0.05, 0) is 62.1 Å². The first kappa shape index (κ1) is 20.8. The molecule has 0 aromatic heterocycles. The number of nitro groups is 1. The quantitative estimate of drug-likeness (QED) is 0.550. The average Bonchev–Trinajstić information content (AvgIpc) is 2.66. The summed E-state index contributed by atoms with van der Waals surface area (Å²) in [6.07, 6.45) is 1.56. The number of hydrogen-bond donors (Lipinski definition) is 0. The SMILES string of the molecule is COc1c(C)cc(CN(C)CC(=O)N2CCCc3cc([N+](=O)[O-])ccc32)cc1C. The summed E-state index contributed by atoms with van der Waals surface area (Å²) in [4.78, 5) is 27.3. The lowest BCUT2D eigenvalue weighted by molar-refractivity contribution is -0.384. The number of benzene rings is 2. The monoisotopic (exact) mass is 397 g/mol. The fraction of sp³-hybridized carbons (Fsp3) is 0.409. The van der Waals surface area contributed by atoms with Crippen LogP contribution in [0.3, 0.4) is 0 Å². The van der Waals surface area contributed by atoms with E-state index in [-0.39, 0.29) is 18.1 Å². The van der Waals surface area contributed by atoms with Crippen LogP contribution in [0.15, 0.2) is 30.3 Å². The fourth-order valence-corrected chi connectivity index (χ4v) is 4.09. The highest BCUT2D eigenvalue weighted by molar-refractivity contribution is 5.96. The average molecular weight is 397 g/mol. The molecule has 0 aliphatic carbocycles. The second-order valence-corrected chi connectivity index (χ2v) is 7.65. The van der Waals surface area contributed by atoms with Crippen molar-refractivity contribution in [2.75, 3.05) is 32.1 Å². The normalized spacial score (nSPS) is 13.3. The van der Waals surface area contributed by atoms with Gasteiger partial charge in [0, 0.05) is 30.9 Å². The molecule has 0 saturated heterocycles. The van der Waals surface area contributed by atoms with E-state index in [1.54, 1.807) is 24.1 Å². The van der Waals surface area contributed by atoms with Crippen LogP contribution < -0.4 is 9.64 Å². The maximum Gasteiger partial charge on any atom is 0.269 e. The van der Waals surface area contributed by atoms with Gasteiger partial charge in [0.2, 0.25) is 5.91 Å². The topological polar surface area (TPSA) is 75.9 Å². The molecular weight excluding hydrogens is 370 g/mol. The Hall–Kier alpha value is -2.93. The van der Waals surface area contributed by atoms with Gasteiger partial charge in [0.25, 0.3) is 5.69 Å². The van der Waals surface area contributed by atoms with E-state index in [1.807, 2.05) is 25.8 Å². The van der Waals surface area contributed by atoms with E-state index in [4.69, 9.17) is 4.74 Å². The minimum absolute atomic E-state index is 0.00394. The number of carbonyl (C=O) groups excluding carboxylic acids is 1. The third-order valence-electron chi connectivity index (χ3n) is 5.28. The second kappa shape index (κ2) is 8.61. The van der Waals surface area contributed by atoms with Gasteiger partial charge in [-0.2, -0.15) is 0 Å². The van der Waals surface area contributed by atoms with Crippen LogP contribution in [-0.4, -0.2) is 43.0 Å². The zero-order chi connectivity index (χ0) is 21.1. The second-order valence-electron chi connectivity index (χ2n) is 7.65. The Morgan fingerprint density at radius 3 is 2.55 bits per heavy atom. The molecule has 1 amide bonds. The lowest BCUT2D eigenvalue weighted by Gasteiger charge is -2.31. The standard InChI is InChI=1S/C22H27N3O4/c1-15-10-17(11-16(2)22(15)29-4)13-23(3)14-21(26)24-9-5-6-18-12-19(25(27)28)7-8-20(18)24/h7-8,10-12H,5-6,9,13-14H2,1-4H3. The van der Waals surface area contributed by atoms with Gasteiger partial charge in [-0.15, -0.1) is 0 Å². The maximum atomic E-state index is 12.9. The highest BCUT2D eigenvalue weighted by atomic mass is 16.6. The van der Waals surface area contributed by atoms with Crippen LogP contribution in [0.5, 0.6) is 5.75 Å². The van der Waals surface area contributed by atoms with Crippen LogP contribution in [0, 0.1) is 24.0 Å². The van der Waals surface area contributed by atoms with E-state index < -0.39 is 4.92 Å². The van der Waals surface area contributed by atoms with E-state index in [0.29, 0.717) is 13.1 Å². The number of anilines is 1. The summed E-state index contributed by atoms with van der Waals surface area (Å²) >= 11 is 0. The third-order valence-corrected chi connectivity index (χ3v) is 5.28. The van der Waals surface area contributed by atoms with Crippen molar-refractivity contribution in [1.82, 2.24) is 4.90 Å². The molecule has 0 bridgehead atoms. The number of likely N-dealkylation sites (N-methyl/N-ethyl adjacent to an activating group) is 1. The Bertz CT molecular complexity index is 919. The first-order valence-corrected chi connectivity index (χ1v) is 9.70. The van der Waals surface area contributed by atoms with Crippen LogP contribution >= 0.6 is 0 Å². The van der Waals surface area contributed by atoms with Crippen molar-refractivity contribution >= 4 is 17.3 Å². The fourth-order valence-electron chi connectivity index (χ4n) is 4.09. The summed E-state index contributed by atoms with van der Waals surface area (Å²) < 4.78 is 5.42. The van der Waals surface area contributed by atoms with E-state index in [2.05, 4.69) is 12.1 Å². The van der Waals surface area contributed by atoms with E-state index in [1.165, 1.54) is 6.07 Å². The first-order chi connectivity index (χ1) is 13.8. The van der Waals surface area contributed by atoms with Gasteiger partial charge in [0.15, 0.2) is 0 Å². The van der Waals surface area contributed by atoms with E-state index in [9.17, 15) is 14.9 Å². The Morgan fingerprint density at radius 2 is 1.93 bits per heavy atom. The predicted octanol–water partition coefficient (Wildman–Crippen LogP) is 3.63. The molecule has 0 spiro atoms. The van der Waals surface area contributed by atoms with Crippen molar-refractivity contribution < 1.29 is 14.5 Å². The number of methoxy groups -OCH3 is 1. The van der Waals surface area contributed by atoms with Crippen molar-refractivity contribution in [3.63, 3.8) is 0 Å². The summed E-state index contributed by atoms with van der Waals surface area (Å²) in [7, 11) is 3.60. The van der Waals surface area contributed by atoms with Crippen LogP contribution in [0.25, 0.3) is 0 Å². The summed E-state index contributed by atoms with van der Waals surface area (Å²) in [6.45, 7) is 5.60. The zero-order valence-electron chi connectivity index (χ0n) is 17.4.